The maximum atomic E-state index is 9.45. The predicted molar refractivity (Wildman–Crippen MR) is 25.1 cm³/mol. The summed E-state index contributed by atoms with van der Waals surface area (Å²) >= 11 is 0. The maximum absolute atomic E-state index is 9.45. The van der Waals surface area contributed by atoms with E-state index in [1.54, 1.807) is 0 Å². The molecule has 4 radical (unpaired) electrons. The Hall–Kier alpha value is 0.229. The molecule has 0 aliphatic carbocycles. The minimum Gasteiger partial charge on any atom is -0.479 e. The number of aliphatic hydroxyl groups excluding tert-OH is 1. The summed E-state index contributed by atoms with van der Waals surface area (Å²) < 4.78 is 0. The Morgan fingerprint density at radius 2 is 1.86 bits per heavy atom. The van der Waals surface area contributed by atoms with Crippen molar-refractivity contribution in [2.24, 2.45) is 0 Å². The number of aliphatic hydroxyl groups is 1. The second kappa shape index (κ2) is 4.39. The Morgan fingerprint density at radius 1 is 1.71 bits per heavy atom. The zero-order chi connectivity index (χ0) is 5.15. The standard InChI is InChI=1S/C3H6O3.Sn/c1-2(4)3(5)6;/h2,4H,1H3,(H,5,6);. The van der Waals surface area contributed by atoms with Gasteiger partial charge in [-0.2, -0.15) is 0 Å². The number of aliphatic carboxylic acids is 1. The summed E-state index contributed by atoms with van der Waals surface area (Å²) in [4.78, 5) is 9.45. The molecule has 0 bridgehead atoms. The van der Waals surface area contributed by atoms with Crippen LogP contribution in [0, 0.1) is 0 Å². The summed E-state index contributed by atoms with van der Waals surface area (Å²) in [5.74, 6) is -1.19. The molecule has 3 nitrogen and oxygen atoms in total. The molecule has 0 saturated heterocycles. The van der Waals surface area contributed by atoms with E-state index in [0.717, 1.165) is 0 Å². The summed E-state index contributed by atoms with van der Waals surface area (Å²) in [5, 5.41) is 15.8. The van der Waals surface area contributed by atoms with Gasteiger partial charge in [-0.05, 0) is 6.92 Å². The fourth-order valence-corrected chi connectivity index (χ4v) is 0. The second-order valence-corrected chi connectivity index (χ2v) is 1.01. The number of rotatable bonds is 1. The smallest absolute Gasteiger partial charge is 0.332 e. The average molecular weight is 209 g/mol. The van der Waals surface area contributed by atoms with Crippen molar-refractivity contribution in [1.82, 2.24) is 0 Å². The van der Waals surface area contributed by atoms with Crippen molar-refractivity contribution in [2.75, 3.05) is 0 Å². The molecule has 2 N–H and O–H groups in total. The molecule has 0 aromatic heterocycles. The number of hydrogen-bond donors (Lipinski definition) is 2. The Labute approximate surface area is 58.3 Å². The fraction of sp³-hybridized carbons (Fsp3) is 0.667. The monoisotopic (exact) mass is 210 g/mol. The van der Waals surface area contributed by atoms with Crippen LogP contribution in [0.3, 0.4) is 0 Å². The zero-order valence-corrected chi connectivity index (χ0v) is 6.73. The third-order valence-corrected chi connectivity index (χ3v) is 0.357. The van der Waals surface area contributed by atoms with Crippen molar-refractivity contribution in [3.63, 3.8) is 0 Å². The van der Waals surface area contributed by atoms with Gasteiger partial charge in [0.15, 0.2) is 0 Å². The van der Waals surface area contributed by atoms with Gasteiger partial charge < -0.3 is 10.2 Å². The van der Waals surface area contributed by atoms with Gasteiger partial charge in [-0.1, -0.05) is 0 Å². The molecule has 0 fully saturated rings. The van der Waals surface area contributed by atoms with Crippen molar-refractivity contribution < 1.29 is 15.0 Å². The first-order chi connectivity index (χ1) is 2.64. The number of carbonyl (C=O) groups is 1. The van der Waals surface area contributed by atoms with Crippen LogP contribution in [0.4, 0.5) is 0 Å². The van der Waals surface area contributed by atoms with Gasteiger partial charge in [-0.3, -0.25) is 0 Å². The van der Waals surface area contributed by atoms with Gasteiger partial charge in [-0.15, -0.1) is 0 Å². The molecule has 1 atom stereocenters. The summed E-state index contributed by atoms with van der Waals surface area (Å²) in [6.45, 7) is 1.20. The number of carboxylic acids is 1. The van der Waals surface area contributed by atoms with Crippen molar-refractivity contribution >= 4 is 29.9 Å². The first kappa shape index (κ1) is 10.3. The quantitative estimate of drug-likeness (QED) is 0.548. The molecular weight excluding hydrogens is 203 g/mol. The second-order valence-electron chi connectivity index (χ2n) is 1.01. The van der Waals surface area contributed by atoms with E-state index in [1.165, 1.54) is 6.92 Å². The topological polar surface area (TPSA) is 57.5 Å². The van der Waals surface area contributed by atoms with Crippen molar-refractivity contribution in [1.29, 1.82) is 0 Å². The average Bonchev–Trinajstić information content (AvgIpc) is 1.36. The van der Waals surface area contributed by atoms with Gasteiger partial charge in [0.05, 0.1) is 0 Å². The zero-order valence-electron chi connectivity index (χ0n) is 3.88. The third kappa shape index (κ3) is 6.23. The Kier molecular flexibility index (Phi) is 6.43. The van der Waals surface area contributed by atoms with Crippen LogP contribution in [0.15, 0.2) is 0 Å². The van der Waals surface area contributed by atoms with Gasteiger partial charge in [0.1, 0.15) is 6.10 Å². The van der Waals surface area contributed by atoms with E-state index >= 15 is 0 Å². The maximum Gasteiger partial charge on any atom is 0.332 e. The Morgan fingerprint density at radius 3 is 1.86 bits per heavy atom. The molecule has 0 aromatic carbocycles. The minimum absolute atomic E-state index is 0. The van der Waals surface area contributed by atoms with E-state index in [9.17, 15) is 4.79 Å². The van der Waals surface area contributed by atoms with Gasteiger partial charge in [0, 0.05) is 23.9 Å². The molecule has 0 aliphatic rings. The van der Waals surface area contributed by atoms with Gasteiger partial charge in [-0.25, -0.2) is 4.79 Å². The largest absolute Gasteiger partial charge is 0.479 e. The summed E-state index contributed by atoms with van der Waals surface area (Å²) in [6, 6.07) is 0. The van der Waals surface area contributed by atoms with Crippen LogP contribution in [-0.4, -0.2) is 46.2 Å². The minimum atomic E-state index is -1.23. The molecule has 0 aromatic rings. The summed E-state index contributed by atoms with van der Waals surface area (Å²) in [5.41, 5.74) is 0. The van der Waals surface area contributed by atoms with Crippen LogP contribution >= 0.6 is 0 Å². The normalized spacial score (nSPS) is 11.7. The van der Waals surface area contributed by atoms with Gasteiger partial charge in [0.2, 0.25) is 0 Å². The van der Waals surface area contributed by atoms with E-state index in [2.05, 4.69) is 0 Å². The third-order valence-electron chi connectivity index (χ3n) is 0.357. The predicted octanol–water partition coefficient (Wildman–Crippen LogP) is -0.929. The van der Waals surface area contributed by atoms with Crippen molar-refractivity contribution in [2.45, 2.75) is 13.0 Å². The van der Waals surface area contributed by atoms with Crippen LogP contribution in [0.2, 0.25) is 0 Å². The van der Waals surface area contributed by atoms with Crippen LogP contribution in [0.1, 0.15) is 6.92 Å². The molecule has 0 amide bonds. The Bertz CT molecular complexity index is 61.2. The molecule has 1 unspecified atom stereocenters. The van der Waals surface area contributed by atoms with Gasteiger partial charge in [0.25, 0.3) is 0 Å². The van der Waals surface area contributed by atoms with E-state index in [0.29, 0.717) is 0 Å². The summed E-state index contributed by atoms with van der Waals surface area (Å²) in [6.07, 6.45) is -1.23. The van der Waals surface area contributed by atoms with E-state index in [4.69, 9.17) is 10.2 Å². The molecule has 0 heterocycles. The van der Waals surface area contributed by atoms with Crippen LogP contribution < -0.4 is 0 Å². The van der Waals surface area contributed by atoms with Crippen LogP contribution in [-0.2, 0) is 4.79 Å². The van der Waals surface area contributed by atoms with E-state index < -0.39 is 12.1 Å². The molecule has 40 valence electrons. The fourth-order valence-electron chi connectivity index (χ4n) is 0. The molecule has 0 aliphatic heterocycles. The van der Waals surface area contributed by atoms with Crippen molar-refractivity contribution in [3.8, 4) is 0 Å². The van der Waals surface area contributed by atoms with Crippen LogP contribution in [0.5, 0.6) is 0 Å². The number of carboxylic acid groups (broad SMARTS) is 1. The molecule has 0 rings (SSSR count). The van der Waals surface area contributed by atoms with E-state index in [1.807, 2.05) is 0 Å². The molecular formula is C3H6O3Sn. The van der Waals surface area contributed by atoms with Crippen LogP contribution in [0.25, 0.3) is 0 Å². The van der Waals surface area contributed by atoms with Gasteiger partial charge >= 0.3 is 5.97 Å². The van der Waals surface area contributed by atoms with E-state index in [-0.39, 0.29) is 23.9 Å². The first-order valence-corrected chi connectivity index (χ1v) is 1.55. The summed E-state index contributed by atoms with van der Waals surface area (Å²) in [7, 11) is 0. The van der Waals surface area contributed by atoms with Crippen molar-refractivity contribution in [3.05, 3.63) is 0 Å². The first-order valence-electron chi connectivity index (χ1n) is 1.55. The Balaban J connectivity index is 0. The number of hydrogen-bond acceptors (Lipinski definition) is 2. The SMILES string of the molecule is CC(O)C(=O)O.[Sn]. The molecule has 7 heavy (non-hydrogen) atoms. The molecule has 0 spiro atoms. The molecule has 0 saturated carbocycles. The molecule has 4 heteroatoms.